The Morgan fingerprint density at radius 3 is 2.55 bits per heavy atom. The molecular weight excluding hydrogens is 369 g/mol. The van der Waals surface area contributed by atoms with Crippen molar-refractivity contribution >= 4 is 40.2 Å². The van der Waals surface area contributed by atoms with Gasteiger partial charge in [-0.25, -0.2) is 0 Å². The van der Waals surface area contributed by atoms with Crippen LogP contribution in [0.2, 0.25) is 0 Å². The number of rotatable bonds is 3. The highest BCUT2D eigenvalue weighted by Gasteiger charge is 2.51. The van der Waals surface area contributed by atoms with Crippen LogP contribution >= 0.6 is 22.6 Å². The molecule has 4 atom stereocenters. The number of allylic oxidation sites excluding steroid dienone is 2. The van der Waals surface area contributed by atoms with Gasteiger partial charge in [0.25, 0.3) is 0 Å². The first-order valence-electron chi connectivity index (χ1n) is 6.54. The fourth-order valence-electron chi connectivity index (χ4n) is 3.31. The molecule has 4 nitrogen and oxygen atoms in total. The Morgan fingerprint density at radius 1 is 1.20 bits per heavy atom. The molecule has 2 aliphatic rings. The molecule has 1 amide bonds. The number of hydrogen-bond acceptors (Lipinski definition) is 2. The summed E-state index contributed by atoms with van der Waals surface area (Å²) in [4.78, 5) is 23.8. The lowest BCUT2D eigenvalue weighted by Crippen LogP contribution is -2.36. The molecule has 2 aliphatic carbocycles. The molecule has 1 aromatic carbocycles. The third kappa shape index (κ3) is 2.34. The molecule has 0 radical (unpaired) electrons. The van der Waals surface area contributed by atoms with E-state index in [9.17, 15) is 14.7 Å². The second-order valence-corrected chi connectivity index (χ2v) is 6.58. The molecule has 5 heteroatoms. The van der Waals surface area contributed by atoms with E-state index in [2.05, 4.69) is 27.9 Å². The maximum absolute atomic E-state index is 12.4. The average molecular weight is 383 g/mol. The third-order valence-corrected chi connectivity index (χ3v) is 4.81. The fraction of sp³-hybridized carbons (Fsp3) is 0.333. The molecule has 2 bridgehead atoms. The predicted octanol–water partition coefficient (Wildman–Crippen LogP) is 2.75. The summed E-state index contributed by atoms with van der Waals surface area (Å²) in [6.07, 6.45) is 4.71. The quantitative estimate of drug-likeness (QED) is 0.623. The number of halogens is 1. The van der Waals surface area contributed by atoms with Crippen LogP contribution in [0.3, 0.4) is 0 Å². The van der Waals surface area contributed by atoms with Crippen LogP contribution in [0, 0.1) is 27.2 Å². The number of hydrogen-bond donors (Lipinski definition) is 2. The summed E-state index contributed by atoms with van der Waals surface area (Å²) in [5.74, 6) is -2.04. The molecule has 0 aromatic heterocycles. The van der Waals surface area contributed by atoms with Gasteiger partial charge in [0.05, 0.1) is 11.8 Å². The molecule has 1 fully saturated rings. The highest BCUT2D eigenvalue weighted by Crippen LogP contribution is 2.48. The molecular formula is C15H14INO3. The minimum atomic E-state index is -0.871. The summed E-state index contributed by atoms with van der Waals surface area (Å²) in [7, 11) is 0. The van der Waals surface area contributed by atoms with Gasteiger partial charge in [0.1, 0.15) is 0 Å². The van der Waals surface area contributed by atoms with Crippen molar-refractivity contribution < 1.29 is 14.7 Å². The zero-order valence-electron chi connectivity index (χ0n) is 10.6. The van der Waals surface area contributed by atoms with E-state index in [1.807, 2.05) is 36.4 Å². The van der Waals surface area contributed by atoms with Crippen molar-refractivity contribution in [1.82, 2.24) is 0 Å². The minimum absolute atomic E-state index is 0.00385. The molecule has 104 valence electrons. The lowest BCUT2D eigenvalue weighted by Gasteiger charge is -2.23. The molecule has 20 heavy (non-hydrogen) atoms. The van der Waals surface area contributed by atoms with Gasteiger partial charge in [-0.2, -0.15) is 0 Å². The highest BCUT2D eigenvalue weighted by molar-refractivity contribution is 14.1. The summed E-state index contributed by atoms with van der Waals surface area (Å²) in [6, 6.07) is 7.50. The monoisotopic (exact) mass is 383 g/mol. The SMILES string of the molecule is O=C(O)C1C2C=CC(C2)C1C(=O)Nc1cccc(I)c1. The van der Waals surface area contributed by atoms with Crippen LogP contribution in [0.15, 0.2) is 36.4 Å². The van der Waals surface area contributed by atoms with E-state index in [-0.39, 0.29) is 17.7 Å². The molecule has 0 heterocycles. The van der Waals surface area contributed by atoms with Gasteiger partial charge in [0.2, 0.25) is 5.91 Å². The lowest BCUT2D eigenvalue weighted by molar-refractivity contribution is -0.146. The molecule has 2 N–H and O–H groups in total. The topological polar surface area (TPSA) is 66.4 Å². The first-order valence-corrected chi connectivity index (χ1v) is 7.61. The number of aliphatic carboxylic acids is 1. The lowest BCUT2D eigenvalue weighted by atomic mass is 9.82. The molecule has 0 aliphatic heterocycles. The minimum Gasteiger partial charge on any atom is -0.481 e. The smallest absolute Gasteiger partial charge is 0.307 e. The van der Waals surface area contributed by atoms with E-state index in [0.29, 0.717) is 0 Å². The maximum Gasteiger partial charge on any atom is 0.307 e. The van der Waals surface area contributed by atoms with Gasteiger partial charge < -0.3 is 10.4 Å². The number of carboxylic acid groups (broad SMARTS) is 1. The van der Waals surface area contributed by atoms with Crippen molar-refractivity contribution in [3.8, 4) is 0 Å². The number of carbonyl (C=O) groups excluding carboxylic acids is 1. The Kier molecular flexibility index (Phi) is 3.54. The van der Waals surface area contributed by atoms with Crippen LogP contribution in [-0.2, 0) is 9.59 Å². The molecule has 0 saturated heterocycles. The fourth-order valence-corrected chi connectivity index (χ4v) is 3.85. The summed E-state index contributed by atoms with van der Waals surface area (Å²) in [5, 5.41) is 12.2. The van der Waals surface area contributed by atoms with Crippen LogP contribution in [0.25, 0.3) is 0 Å². The average Bonchev–Trinajstić information content (AvgIpc) is 2.98. The van der Waals surface area contributed by atoms with Crippen LogP contribution in [-0.4, -0.2) is 17.0 Å². The van der Waals surface area contributed by atoms with E-state index in [4.69, 9.17) is 0 Å². The Hall–Kier alpha value is -1.37. The van der Waals surface area contributed by atoms with Gasteiger partial charge in [-0.15, -0.1) is 0 Å². The van der Waals surface area contributed by atoms with E-state index < -0.39 is 17.8 Å². The van der Waals surface area contributed by atoms with Crippen molar-refractivity contribution in [1.29, 1.82) is 0 Å². The molecule has 0 spiro atoms. The predicted molar refractivity (Wildman–Crippen MR) is 83.1 cm³/mol. The number of anilines is 1. The summed E-state index contributed by atoms with van der Waals surface area (Å²) in [6.45, 7) is 0. The van der Waals surface area contributed by atoms with Crippen molar-refractivity contribution in [2.24, 2.45) is 23.7 Å². The Bertz CT molecular complexity index is 599. The Labute approximate surface area is 130 Å². The van der Waals surface area contributed by atoms with Gasteiger partial charge in [-0.1, -0.05) is 18.2 Å². The normalized spacial score (nSPS) is 30.4. The van der Waals surface area contributed by atoms with Gasteiger partial charge in [0.15, 0.2) is 0 Å². The van der Waals surface area contributed by atoms with Gasteiger partial charge in [-0.3, -0.25) is 9.59 Å². The van der Waals surface area contributed by atoms with E-state index in [1.165, 1.54) is 0 Å². The highest BCUT2D eigenvalue weighted by atomic mass is 127. The van der Waals surface area contributed by atoms with Crippen LogP contribution < -0.4 is 5.32 Å². The number of amides is 1. The number of benzene rings is 1. The van der Waals surface area contributed by atoms with E-state index >= 15 is 0 Å². The first kappa shape index (κ1) is 13.6. The number of fused-ring (bicyclic) bond motifs is 2. The Morgan fingerprint density at radius 2 is 1.90 bits per heavy atom. The largest absolute Gasteiger partial charge is 0.481 e. The van der Waals surface area contributed by atoms with Crippen molar-refractivity contribution in [2.45, 2.75) is 6.42 Å². The van der Waals surface area contributed by atoms with Crippen molar-refractivity contribution in [3.05, 3.63) is 40.0 Å². The number of nitrogens with one attached hydrogen (secondary N) is 1. The van der Waals surface area contributed by atoms with Crippen LogP contribution in [0.4, 0.5) is 5.69 Å². The van der Waals surface area contributed by atoms with Crippen molar-refractivity contribution in [2.75, 3.05) is 5.32 Å². The maximum atomic E-state index is 12.4. The molecule has 1 saturated carbocycles. The number of carbonyl (C=O) groups is 2. The van der Waals surface area contributed by atoms with E-state index in [0.717, 1.165) is 15.7 Å². The second-order valence-electron chi connectivity index (χ2n) is 5.34. The summed E-state index contributed by atoms with van der Waals surface area (Å²) in [5.41, 5.74) is 0.720. The van der Waals surface area contributed by atoms with E-state index in [1.54, 1.807) is 0 Å². The molecule has 4 unspecified atom stereocenters. The molecule has 1 aromatic rings. The summed E-state index contributed by atoms with van der Waals surface area (Å²) < 4.78 is 1.03. The van der Waals surface area contributed by atoms with Gasteiger partial charge in [-0.05, 0) is 59.0 Å². The van der Waals surface area contributed by atoms with Gasteiger partial charge >= 0.3 is 5.97 Å². The van der Waals surface area contributed by atoms with Gasteiger partial charge in [0, 0.05) is 9.26 Å². The Balaban J connectivity index is 1.80. The molecule has 3 rings (SSSR count). The first-order chi connectivity index (χ1) is 9.56. The van der Waals surface area contributed by atoms with Crippen molar-refractivity contribution in [3.63, 3.8) is 0 Å². The second kappa shape index (κ2) is 5.20. The zero-order chi connectivity index (χ0) is 14.3. The number of carboxylic acids is 1. The zero-order valence-corrected chi connectivity index (χ0v) is 12.8. The standard InChI is InChI=1S/C15H14INO3/c16-10-2-1-3-11(7-10)17-14(18)12-8-4-5-9(6-8)13(12)15(19)20/h1-5,7-9,12-13H,6H2,(H,17,18)(H,19,20). The summed E-state index contributed by atoms with van der Waals surface area (Å²) >= 11 is 2.18. The van der Waals surface area contributed by atoms with Crippen LogP contribution in [0.1, 0.15) is 6.42 Å². The van der Waals surface area contributed by atoms with Crippen LogP contribution in [0.5, 0.6) is 0 Å². The third-order valence-electron chi connectivity index (χ3n) is 4.14.